The molecule has 1 aliphatic rings. The van der Waals surface area contributed by atoms with E-state index in [1.807, 2.05) is 55.7 Å². The van der Waals surface area contributed by atoms with Gasteiger partial charge in [-0.15, -0.1) is 0 Å². The third-order valence-corrected chi connectivity index (χ3v) is 6.00. The highest BCUT2D eigenvalue weighted by atomic mass is 32.1. The van der Waals surface area contributed by atoms with Crippen LogP contribution in [-0.4, -0.2) is 34.6 Å². The molecule has 8 heteroatoms. The molecule has 0 aliphatic carbocycles. The van der Waals surface area contributed by atoms with E-state index in [4.69, 9.17) is 17.0 Å². The van der Waals surface area contributed by atoms with E-state index in [1.54, 1.807) is 30.3 Å². The van der Waals surface area contributed by atoms with Crippen molar-refractivity contribution in [3.05, 3.63) is 88.2 Å². The van der Waals surface area contributed by atoms with Crippen LogP contribution in [0.3, 0.4) is 0 Å². The largest absolute Gasteiger partial charge is 0.465 e. The molecule has 3 aromatic rings. The fourth-order valence-electron chi connectivity index (χ4n) is 3.94. The second kappa shape index (κ2) is 9.07. The van der Waals surface area contributed by atoms with E-state index in [0.717, 1.165) is 28.2 Å². The molecule has 7 nitrogen and oxygen atoms in total. The molecule has 2 aromatic carbocycles. The Morgan fingerprint density at radius 2 is 1.59 bits per heavy atom. The molecule has 0 bridgehead atoms. The molecule has 2 amide bonds. The van der Waals surface area contributed by atoms with Crippen LogP contribution in [0.1, 0.15) is 32.9 Å². The summed E-state index contributed by atoms with van der Waals surface area (Å²) in [6.07, 6.45) is 1.59. The van der Waals surface area contributed by atoms with Gasteiger partial charge in [0.2, 0.25) is 0 Å². The monoisotopic (exact) mass is 473 g/mol. The van der Waals surface area contributed by atoms with Crippen molar-refractivity contribution in [3.63, 3.8) is 0 Å². The number of benzene rings is 2. The van der Waals surface area contributed by atoms with E-state index in [0.29, 0.717) is 11.3 Å². The lowest BCUT2D eigenvalue weighted by molar-refractivity contribution is -0.122. The Hall–Kier alpha value is -4.04. The van der Waals surface area contributed by atoms with Crippen LogP contribution in [-0.2, 0) is 14.3 Å². The maximum atomic E-state index is 13.3. The smallest absolute Gasteiger partial charge is 0.337 e. The molecule has 0 saturated carbocycles. The zero-order valence-electron chi connectivity index (χ0n) is 19.2. The molecule has 1 N–H and O–H groups in total. The number of nitrogens with zero attached hydrogens (tertiary/aromatic N) is 2. The van der Waals surface area contributed by atoms with Gasteiger partial charge in [0.1, 0.15) is 5.57 Å². The molecule has 0 atom stereocenters. The molecular formula is C26H23N3O4S. The zero-order chi connectivity index (χ0) is 24.6. The zero-order valence-corrected chi connectivity index (χ0v) is 20.0. The number of carbonyl (C=O) groups is 3. The van der Waals surface area contributed by atoms with Crippen molar-refractivity contribution in [1.29, 1.82) is 0 Å². The van der Waals surface area contributed by atoms with Crippen LogP contribution < -0.4 is 10.2 Å². The number of rotatable bonds is 4. The molecule has 0 unspecified atom stereocenters. The summed E-state index contributed by atoms with van der Waals surface area (Å²) in [5.41, 5.74) is 5.40. The molecule has 0 radical (unpaired) electrons. The SMILES string of the molecule is COC(=O)c1ccc(-n2c(C)cc(/C=C3\C(=O)NC(=S)N(c4ccc(C)cc4)C3=O)c2C)cc1. The van der Waals surface area contributed by atoms with Gasteiger partial charge in [-0.25, -0.2) is 4.79 Å². The van der Waals surface area contributed by atoms with Crippen LogP contribution in [0.15, 0.2) is 60.2 Å². The molecule has 172 valence electrons. The Bertz CT molecular complexity index is 1350. The standard InChI is InChI=1S/C26H23N3O4S/c1-15-5-9-21(10-6-15)29-24(31)22(23(30)27-26(29)34)14-19-13-16(2)28(17(19)3)20-11-7-18(8-12-20)25(32)33-4/h5-14H,1-4H3,(H,27,30,34)/b22-14+. The normalized spacial score (nSPS) is 15.0. The topological polar surface area (TPSA) is 80.6 Å². The van der Waals surface area contributed by atoms with E-state index >= 15 is 0 Å². The molecule has 1 aliphatic heterocycles. The van der Waals surface area contributed by atoms with Crippen molar-refractivity contribution in [1.82, 2.24) is 9.88 Å². The van der Waals surface area contributed by atoms with Crippen LogP contribution >= 0.6 is 12.2 Å². The summed E-state index contributed by atoms with van der Waals surface area (Å²) in [5, 5.41) is 2.67. The molecule has 1 fully saturated rings. The molecule has 4 rings (SSSR count). The minimum absolute atomic E-state index is 0.00420. The first-order chi connectivity index (χ1) is 16.2. The van der Waals surface area contributed by atoms with Crippen molar-refractivity contribution >= 4 is 46.9 Å². The minimum atomic E-state index is -0.536. The van der Waals surface area contributed by atoms with Crippen molar-refractivity contribution in [3.8, 4) is 5.69 Å². The molecule has 1 saturated heterocycles. The van der Waals surface area contributed by atoms with Gasteiger partial charge in [-0.05, 0) is 87.1 Å². The lowest BCUT2D eigenvalue weighted by Crippen LogP contribution is -2.54. The van der Waals surface area contributed by atoms with Crippen LogP contribution in [0.2, 0.25) is 0 Å². The summed E-state index contributed by atoms with van der Waals surface area (Å²) in [6.45, 7) is 5.78. The molecular weight excluding hydrogens is 450 g/mol. The van der Waals surface area contributed by atoms with Crippen molar-refractivity contribution < 1.29 is 19.1 Å². The number of aromatic nitrogens is 1. The van der Waals surface area contributed by atoms with Crippen LogP contribution in [0.5, 0.6) is 0 Å². The van der Waals surface area contributed by atoms with Crippen LogP contribution in [0.25, 0.3) is 11.8 Å². The maximum Gasteiger partial charge on any atom is 0.337 e. The third kappa shape index (κ3) is 4.15. The predicted octanol–water partition coefficient (Wildman–Crippen LogP) is 4.02. The first-order valence-electron chi connectivity index (χ1n) is 10.6. The Morgan fingerprint density at radius 3 is 2.21 bits per heavy atom. The first kappa shape index (κ1) is 23.1. The summed E-state index contributed by atoms with van der Waals surface area (Å²) in [7, 11) is 1.34. The number of ether oxygens (including phenoxy) is 1. The fourth-order valence-corrected chi connectivity index (χ4v) is 4.22. The Balaban J connectivity index is 1.71. The molecule has 1 aromatic heterocycles. The molecule has 0 spiro atoms. The molecule has 2 heterocycles. The van der Waals surface area contributed by atoms with Gasteiger partial charge < -0.3 is 9.30 Å². The number of aryl methyl sites for hydroxylation is 2. The van der Waals surface area contributed by atoms with E-state index in [-0.39, 0.29) is 10.7 Å². The average molecular weight is 474 g/mol. The van der Waals surface area contributed by atoms with E-state index in [1.165, 1.54) is 12.0 Å². The summed E-state index contributed by atoms with van der Waals surface area (Å²) in [6, 6.07) is 16.3. The second-order valence-corrected chi connectivity index (χ2v) is 8.38. The van der Waals surface area contributed by atoms with Crippen molar-refractivity contribution in [2.75, 3.05) is 12.0 Å². The van der Waals surface area contributed by atoms with E-state index in [9.17, 15) is 14.4 Å². The number of methoxy groups -OCH3 is 1. The van der Waals surface area contributed by atoms with Gasteiger partial charge >= 0.3 is 5.97 Å². The van der Waals surface area contributed by atoms with E-state index < -0.39 is 17.8 Å². The number of nitrogens with one attached hydrogen (secondary N) is 1. The quantitative estimate of drug-likeness (QED) is 0.268. The lowest BCUT2D eigenvalue weighted by Gasteiger charge is -2.29. The first-order valence-corrected chi connectivity index (χ1v) is 11.0. The third-order valence-electron chi connectivity index (χ3n) is 5.71. The summed E-state index contributed by atoms with van der Waals surface area (Å²) < 4.78 is 6.74. The summed E-state index contributed by atoms with van der Waals surface area (Å²) >= 11 is 5.27. The number of hydrogen-bond acceptors (Lipinski definition) is 5. The van der Waals surface area contributed by atoms with Gasteiger partial charge in [-0.1, -0.05) is 17.7 Å². The maximum absolute atomic E-state index is 13.3. The van der Waals surface area contributed by atoms with E-state index in [2.05, 4.69) is 5.32 Å². The molecule has 34 heavy (non-hydrogen) atoms. The number of anilines is 1. The second-order valence-electron chi connectivity index (χ2n) is 7.99. The number of carbonyl (C=O) groups excluding carboxylic acids is 3. The fraction of sp³-hybridized carbons (Fsp3) is 0.154. The van der Waals surface area contributed by atoms with Gasteiger partial charge in [0, 0.05) is 17.1 Å². The predicted molar refractivity (Wildman–Crippen MR) is 134 cm³/mol. The lowest BCUT2D eigenvalue weighted by atomic mass is 10.1. The van der Waals surface area contributed by atoms with Gasteiger partial charge in [0.25, 0.3) is 11.8 Å². The number of thiocarbonyl (C=S) groups is 1. The van der Waals surface area contributed by atoms with Gasteiger partial charge in [0.05, 0.1) is 18.4 Å². The van der Waals surface area contributed by atoms with Gasteiger partial charge in [0.15, 0.2) is 5.11 Å². The average Bonchev–Trinajstić information content (AvgIpc) is 3.10. The number of esters is 1. The Morgan fingerprint density at radius 1 is 0.971 bits per heavy atom. The highest BCUT2D eigenvalue weighted by molar-refractivity contribution is 7.80. The number of hydrogen-bond donors (Lipinski definition) is 1. The number of amides is 2. The van der Waals surface area contributed by atoms with Crippen LogP contribution in [0.4, 0.5) is 5.69 Å². The van der Waals surface area contributed by atoms with Crippen molar-refractivity contribution in [2.24, 2.45) is 0 Å². The summed E-state index contributed by atoms with van der Waals surface area (Å²) in [4.78, 5) is 39.0. The Labute approximate surface area is 202 Å². The highest BCUT2D eigenvalue weighted by Gasteiger charge is 2.34. The van der Waals surface area contributed by atoms with Crippen LogP contribution in [0, 0.1) is 20.8 Å². The van der Waals surface area contributed by atoms with Gasteiger partial charge in [-0.2, -0.15) is 0 Å². The Kier molecular flexibility index (Phi) is 6.17. The highest BCUT2D eigenvalue weighted by Crippen LogP contribution is 2.26. The minimum Gasteiger partial charge on any atom is -0.465 e. The summed E-state index contributed by atoms with van der Waals surface area (Å²) in [5.74, 6) is -1.42. The van der Waals surface area contributed by atoms with Gasteiger partial charge in [-0.3, -0.25) is 19.8 Å². The van der Waals surface area contributed by atoms with Crippen molar-refractivity contribution in [2.45, 2.75) is 20.8 Å².